The molecule has 1 aromatic rings. The maximum Gasteiger partial charge on any atom is 0.269 e. The lowest BCUT2D eigenvalue weighted by Gasteiger charge is -2.43. The van der Waals surface area contributed by atoms with Crippen LogP contribution in [0, 0.1) is 0 Å². The second kappa shape index (κ2) is 5.93. The van der Waals surface area contributed by atoms with E-state index in [1.165, 1.54) is 6.07 Å². The van der Waals surface area contributed by atoms with E-state index in [2.05, 4.69) is 11.8 Å². The SMILES string of the molecule is CCCCN1c2cc(O)ccc2C(CS(=O)(=O)O)=CC1(C)C. The molecule has 0 atom stereocenters. The number of unbranched alkanes of at least 4 members (excludes halogenated alkanes) is 1. The summed E-state index contributed by atoms with van der Waals surface area (Å²) in [5.41, 5.74) is 1.72. The first-order chi connectivity index (χ1) is 10.1. The molecule has 0 aliphatic carbocycles. The van der Waals surface area contributed by atoms with Crippen LogP contribution in [0.3, 0.4) is 0 Å². The van der Waals surface area contributed by atoms with E-state index in [-0.39, 0.29) is 5.75 Å². The molecule has 2 rings (SSSR count). The minimum Gasteiger partial charge on any atom is -0.508 e. The average molecular weight is 325 g/mol. The molecule has 0 unspecified atom stereocenters. The number of fused-ring (bicyclic) bond motifs is 1. The summed E-state index contributed by atoms with van der Waals surface area (Å²) in [4.78, 5) is 2.17. The number of anilines is 1. The summed E-state index contributed by atoms with van der Waals surface area (Å²) in [6.45, 7) is 6.93. The van der Waals surface area contributed by atoms with E-state index in [1.807, 2.05) is 19.9 Å². The first-order valence-electron chi connectivity index (χ1n) is 7.42. The molecule has 0 saturated carbocycles. The summed E-state index contributed by atoms with van der Waals surface area (Å²) in [6.07, 6.45) is 3.93. The van der Waals surface area contributed by atoms with Gasteiger partial charge < -0.3 is 10.0 Å². The number of rotatable bonds is 5. The molecule has 0 amide bonds. The fourth-order valence-corrected chi connectivity index (χ4v) is 3.58. The molecule has 0 aromatic heterocycles. The number of hydrogen-bond donors (Lipinski definition) is 2. The Hall–Kier alpha value is -1.53. The van der Waals surface area contributed by atoms with E-state index in [4.69, 9.17) is 0 Å². The Balaban J connectivity index is 2.55. The van der Waals surface area contributed by atoms with Crippen LogP contribution in [0.2, 0.25) is 0 Å². The summed E-state index contributed by atoms with van der Waals surface area (Å²) >= 11 is 0. The third kappa shape index (κ3) is 3.62. The number of aromatic hydroxyl groups is 1. The average Bonchev–Trinajstić information content (AvgIpc) is 2.35. The fourth-order valence-electron chi connectivity index (χ4n) is 2.95. The Morgan fingerprint density at radius 3 is 2.55 bits per heavy atom. The number of phenols is 1. The molecular weight excluding hydrogens is 302 g/mol. The molecule has 1 aliphatic rings. The summed E-state index contributed by atoms with van der Waals surface area (Å²) in [5.74, 6) is -0.278. The molecular formula is C16H23NO4S. The summed E-state index contributed by atoms with van der Waals surface area (Å²) < 4.78 is 31.8. The van der Waals surface area contributed by atoms with Crippen LogP contribution in [-0.4, -0.2) is 35.9 Å². The van der Waals surface area contributed by atoms with Crippen molar-refractivity contribution in [1.29, 1.82) is 0 Å². The topological polar surface area (TPSA) is 77.8 Å². The first-order valence-corrected chi connectivity index (χ1v) is 9.03. The Kier molecular flexibility index (Phi) is 4.54. The fraction of sp³-hybridized carbons (Fsp3) is 0.500. The van der Waals surface area contributed by atoms with Gasteiger partial charge in [-0.2, -0.15) is 8.42 Å². The van der Waals surface area contributed by atoms with Crippen molar-refractivity contribution in [3.63, 3.8) is 0 Å². The third-order valence-electron chi connectivity index (χ3n) is 3.91. The number of benzene rings is 1. The molecule has 1 heterocycles. The van der Waals surface area contributed by atoms with Gasteiger partial charge in [0.2, 0.25) is 0 Å². The highest BCUT2D eigenvalue weighted by Gasteiger charge is 2.33. The maximum absolute atomic E-state index is 11.3. The van der Waals surface area contributed by atoms with Gasteiger partial charge in [0.25, 0.3) is 10.1 Å². The Morgan fingerprint density at radius 2 is 1.95 bits per heavy atom. The van der Waals surface area contributed by atoms with E-state index >= 15 is 0 Å². The van der Waals surface area contributed by atoms with Crippen molar-refractivity contribution in [2.75, 3.05) is 17.2 Å². The molecule has 0 fully saturated rings. The highest BCUT2D eigenvalue weighted by Crippen LogP contribution is 2.41. The first kappa shape index (κ1) is 16.8. The quantitative estimate of drug-likeness (QED) is 0.814. The van der Waals surface area contributed by atoms with Gasteiger partial charge in [0.05, 0.1) is 5.54 Å². The van der Waals surface area contributed by atoms with Crippen molar-refractivity contribution in [1.82, 2.24) is 0 Å². The monoisotopic (exact) mass is 325 g/mol. The largest absolute Gasteiger partial charge is 0.508 e. The number of hydrogen-bond acceptors (Lipinski definition) is 4. The highest BCUT2D eigenvalue weighted by molar-refractivity contribution is 7.86. The standard InChI is InChI=1S/C16H23NO4S/c1-4-5-8-17-15-9-13(18)6-7-14(15)12(10-16(17,2)3)11-22(19,20)21/h6-7,9-10,18H,4-5,8,11H2,1-3H3,(H,19,20,21). The molecule has 0 radical (unpaired) electrons. The molecule has 1 aromatic carbocycles. The van der Waals surface area contributed by atoms with Crippen molar-refractivity contribution in [3.05, 3.63) is 29.8 Å². The van der Waals surface area contributed by atoms with Gasteiger partial charge in [0, 0.05) is 23.9 Å². The summed E-state index contributed by atoms with van der Waals surface area (Å²) in [5, 5.41) is 9.81. The van der Waals surface area contributed by atoms with Crippen LogP contribution in [0.15, 0.2) is 24.3 Å². The minimum atomic E-state index is -4.11. The van der Waals surface area contributed by atoms with Crippen molar-refractivity contribution in [3.8, 4) is 5.75 Å². The van der Waals surface area contributed by atoms with Crippen LogP contribution in [0.4, 0.5) is 5.69 Å². The van der Waals surface area contributed by atoms with Crippen LogP contribution >= 0.6 is 0 Å². The second-order valence-electron chi connectivity index (χ2n) is 6.26. The zero-order valence-corrected chi connectivity index (χ0v) is 14.0. The Bertz CT molecular complexity index is 692. The van der Waals surface area contributed by atoms with E-state index in [0.717, 1.165) is 30.6 Å². The molecule has 0 bridgehead atoms. The molecule has 0 spiro atoms. The van der Waals surface area contributed by atoms with E-state index in [0.29, 0.717) is 5.57 Å². The van der Waals surface area contributed by atoms with Crippen LogP contribution < -0.4 is 4.90 Å². The van der Waals surface area contributed by atoms with E-state index in [9.17, 15) is 18.1 Å². The normalized spacial score (nSPS) is 17.1. The van der Waals surface area contributed by atoms with Crippen molar-refractivity contribution >= 4 is 21.4 Å². The third-order valence-corrected chi connectivity index (χ3v) is 4.59. The lowest BCUT2D eigenvalue weighted by molar-refractivity contribution is 0.473. The van der Waals surface area contributed by atoms with E-state index in [1.54, 1.807) is 12.1 Å². The highest BCUT2D eigenvalue weighted by atomic mass is 32.2. The molecule has 2 N–H and O–H groups in total. The molecule has 122 valence electrons. The summed E-state index contributed by atoms with van der Waals surface area (Å²) in [7, 11) is -4.11. The lowest BCUT2D eigenvalue weighted by atomic mass is 9.88. The molecule has 22 heavy (non-hydrogen) atoms. The van der Waals surface area contributed by atoms with Gasteiger partial charge in [0.1, 0.15) is 11.5 Å². The maximum atomic E-state index is 11.3. The van der Waals surface area contributed by atoms with Gasteiger partial charge in [-0.1, -0.05) is 19.4 Å². The van der Waals surface area contributed by atoms with Gasteiger partial charge >= 0.3 is 0 Å². The summed E-state index contributed by atoms with van der Waals surface area (Å²) in [6, 6.07) is 4.90. The Morgan fingerprint density at radius 1 is 1.27 bits per heavy atom. The van der Waals surface area contributed by atoms with Gasteiger partial charge in [-0.15, -0.1) is 0 Å². The number of phenolic OH excluding ortho intramolecular Hbond substituents is 1. The van der Waals surface area contributed by atoms with Crippen LogP contribution in [0.5, 0.6) is 5.75 Å². The predicted octanol–water partition coefficient (Wildman–Crippen LogP) is 3.06. The van der Waals surface area contributed by atoms with Crippen LogP contribution in [-0.2, 0) is 10.1 Å². The van der Waals surface area contributed by atoms with Crippen molar-refractivity contribution in [2.45, 2.75) is 39.2 Å². The molecule has 6 heteroatoms. The zero-order valence-electron chi connectivity index (χ0n) is 13.2. The van der Waals surface area contributed by atoms with Gasteiger partial charge in [0.15, 0.2) is 0 Å². The molecule has 5 nitrogen and oxygen atoms in total. The number of nitrogens with zero attached hydrogens (tertiary/aromatic N) is 1. The smallest absolute Gasteiger partial charge is 0.269 e. The van der Waals surface area contributed by atoms with Gasteiger partial charge in [-0.3, -0.25) is 4.55 Å². The molecule has 1 aliphatic heterocycles. The van der Waals surface area contributed by atoms with E-state index < -0.39 is 21.4 Å². The Labute approximate surface area is 132 Å². The zero-order chi connectivity index (χ0) is 16.5. The predicted molar refractivity (Wildman–Crippen MR) is 88.8 cm³/mol. The van der Waals surface area contributed by atoms with Crippen molar-refractivity contribution < 1.29 is 18.1 Å². The van der Waals surface area contributed by atoms with Gasteiger partial charge in [-0.25, -0.2) is 0 Å². The van der Waals surface area contributed by atoms with Gasteiger partial charge in [-0.05, 0) is 38.0 Å². The van der Waals surface area contributed by atoms with Crippen molar-refractivity contribution in [2.24, 2.45) is 0 Å². The minimum absolute atomic E-state index is 0.143. The lowest BCUT2D eigenvalue weighted by Crippen LogP contribution is -2.46. The van der Waals surface area contributed by atoms with Crippen LogP contribution in [0.25, 0.3) is 5.57 Å². The van der Waals surface area contributed by atoms with Crippen LogP contribution in [0.1, 0.15) is 39.2 Å². The second-order valence-corrected chi connectivity index (χ2v) is 7.71. The molecule has 0 saturated heterocycles.